The molecule has 0 radical (unpaired) electrons. The standard InChI is InChI=1S/C13H15FO4/c1-13(2,5-11(15)16)12-8-6-17-7-18-10(8)4-3-9(12)14/h3-4H,5-7H2,1-2H3,(H,15,16). The van der Waals surface area contributed by atoms with Crippen LogP contribution in [0.1, 0.15) is 31.4 Å². The number of halogens is 1. The van der Waals surface area contributed by atoms with Crippen molar-refractivity contribution < 1.29 is 23.8 Å². The monoisotopic (exact) mass is 254 g/mol. The zero-order valence-electron chi connectivity index (χ0n) is 10.3. The number of hydrogen-bond donors (Lipinski definition) is 1. The molecule has 0 aromatic heterocycles. The molecule has 0 spiro atoms. The number of carboxylic acids is 1. The molecular formula is C13H15FO4. The Morgan fingerprint density at radius 3 is 2.89 bits per heavy atom. The SMILES string of the molecule is CC(C)(CC(=O)O)c1c(F)ccc2c1COCO2. The fourth-order valence-electron chi connectivity index (χ4n) is 2.33. The summed E-state index contributed by atoms with van der Waals surface area (Å²) in [4.78, 5) is 10.9. The van der Waals surface area contributed by atoms with Gasteiger partial charge in [-0.3, -0.25) is 4.79 Å². The van der Waals surface area contributed by atoms with Gasteiger partial charge in [0.2, 0.25) is 0 Å². The van der Waals surface area contributed by atoms with Crippen LogP contribution in [0.15, 0.2) is 12.1 Å². The van der Waals surface area contributed by atoms with Gasteiger partial charge in [-0.25, -0.2) is 4.39 Å². The molecule has 4 nitrogen and oxygen atoms in total. The van der Waals surface area contributed by atoms with E-state index in [9.17, 15) is 9.18 Å². The highest BCUT2D eigenvalue weighted by molar-refractivity contribution is 5.69. The van der Waals surface area contributed by atoms with Crippen LogP contribution in [0.4, 0.5) is 4.39 Å². The molecule has 98 valence electrons. The van der Waals surface area contributed by atoms with E-state index in [0.717, 1.165) is 0 Å². The third-order valence-corrected chi connectivity index (χ3v) is 3.03. The number of hydrogen-bond acceptors (Lipinski definition) is 3. The van der Waals surface area contributed by atoms with E-state index >= 15 is 0 Å². The molecule has 0 bridgehead atoms. The maximum absolute atomic E-state index is 14.0. The predicted molar refractivity (Wildman–Crippen MR) is 62.0 cm³/mol. The quantitative estimate of drug-likeness (QED) is 0.900. The van der Waals surface area contributed by atoms with Gasteiger partial charge in [-0.05, 0) is 12.1 Å². The van der Waals surface area contributed by atoms with E-state index in [0.29, 0.717) is 16.9 Å². The van der Waals surface area contributed by atoms with Crippen LogP contribution in [-0.2, 0) is 21.6 Å². The summed E-state index contributed by atoms with van der Waals surface area (Å²) in [5.41, 5.74) is 0.153. The Balaban J connectivity index is 2.51. The zero-order valence-corrected chi connectivity index (χ0v) is 10.3. The number of carbonyl (C=O) groups is 1. The van der Waals surface area contributed by atoms with Crippen LogP contribution < -0.4 is 4.74 Å². The predicted octanol–water partition coefficient (Wildman–Crippen LogP) is 2.44. The summed E-state index contributed by atoms with van der Waals surface area (Å²) in [6, 6.07) is 2.86. The van der Waals surface area contributed by atoms with Crippen molar-refractivity contribution in [1.29, 1.82) is 0 Å². The first-order valence-corrected chi connectivity index (χ1v) is 5.66. The van der Waals surface area contributed by atoms with E-state index in [1.54, 1.807) is 19.9 Å². The Labute approximate surface area is 104 Å². The molecule has 0 aliphatic carbocycles. The lowest BCUT2D eigenvalue weighted by Gasteiger charge is -2.29. The topological polar surface area (TPSA) is 55.8 Å². The molecule has 18 heavy (non-hydrogen) atoms. The normalized spacial score (nSPS) is 14.8. The van der Waals surface area contributed by atoms with Crippen LogP contribution in [0.3, 0.4) is 0 Å². The molecule has 0 saturated carbocycles. The summed E-state index contributed by atoms with van der Waals surface area (Å²) in [6.07, 6.45) is -0.152. The first-order valence-electron chi connectivity index (χ1n) is 5.66. The van der Waals surface area contributed by atoms with Crippen molar-refractivity contribution in [2.75, 3.05) is 6.79 Å². The van der Waals surface area contributed by atoms with Gasteiger partial charge in [-0.15, -0.1) is 0 Å². The molecule has 0 unspecified atom stereocenters. The van der Waals surface area contributed by atoms with Crippen molar-refractivity contribution in [3.63, 3.8) is 0 Å². The molecule has 1 aliphatic rings. The number of aliphatic carboxylic acids is 1. The van der Waals surface area contributed by atoms with E-state index in [-0.39, 0.29) is 19.8 Å². The molecule has 2 rings (SSSR count). The highest BCUT2D eigenvalue weighted by Gasteiger charge is 2.32. The van der Waals surface area contributed by atoms with Crippen molar-refractivity contribution in [2.24, 2.45) is 0 Å². The van der Waals surface area contributed by atoms with E-state index in [1.165, 1.54) is 6.07 Å². The second kappa shape index (κ2) is 4.57. The van der Waals surface area contributed by atoms with Gasteiger partial charge in [0.05, 0.1) is 13.0 Å². The summed E-state index contributed by atoms with van der Waals surface area (Å²) in [7, 11) is 0. The molecule has 5 heteroatoms. The van der Waals surface area contributed by atoms with Crippen LogP contribution in [0.25, 0.3) is 0 Å². The first kappa shape index (κ1) is 12.8. The third-order valence-electron chi connectivity index (χ3n) is 3.03. The summed E-state index contributed by atoms with van der Waals surface area (Å²) in [5.74, 6) is -0.820. The zero-order chi connectivity index (χ0) is 13.3. The van der Waals surface area contributed by atoms with E-state index in [2.05, 4.69) is 0 Å². The Bertz CT molecular complexity index is 482. The van der Waals surface area contributed by atoms with Gasteiger partial charge < -0.3 is 14.6 Å². The van der Waals surface area contributed by atoms with Crippen molar-refractivity contribution in [2.45, 2.75) is 32.3 Å². The van der Waals surface area contributed by atoms with Crippen LogP contribution in [-0.4, -0.2) is 17.9 Å². The molecule has 0 amide bonds. The molecule has 1 heterocycles. The molecule has 1 N–H and O–H groups in total. The lowest BCUT2D eigenvalue weighted by molar-refractivity contribution is -0.138. The van der Waals surface area contributed by atoms with Gasteiger partial charge in [0.25, 0.3) is 0 Å². The average molecular weight is 254 g/mol. The number of ether oxygens (including phenoxy) is 2. The van der Waals surface area contributed by atoms with Gasteiger partial charge >= 0.3 is 5.97 Å². The molecule has 1 aromatic rings. The fraction of sp³-hybridized carbons (Fsp3) is 0.462. The minimum absolute atomic E-state index is 0.136. The minimum atomic E-state index is -0.963. The molecular weight excluding hydrogens is 239 g/mol. The van der Waals surface area contributed by atoms with Crippen LogP contribution >= 0.6 is 0 Å². The van der Waals surface area contributed by atoms with Gasteiger partial charge in [-0.1, -0.05) is 13.8 Å². The fourth-order valence-corrected chi connectivity index (χ4v) is 2.33. The maximum Gasteiger partial charge on any atom is 0.304 e. The number of benzene rings is 1. The van der Waals surface area contributed by atoms with Crippen LogP contribution in [0, 0.1) is 5.82 Å². The Morgan fingerprint density at radius 1 is 1.50 bits per heavy atom. The van der Waals surface area contributed by atoms with Gasteiger partial charge in [0, 0.05) is 16.5 Å². The number of carboxylic acid groups (broad SMARTS) is 1. The van der Waals surface area contributed by atoms with Crippen molar-refractivity contribution in [3.8, 4) is 5.75 Å². The second-order valence-electron chi connectivity index (χ2n) is 4.96. The molecule has 0 atom stereocenters. The Kier molecular flexibility index (Phi) is 3.26. The number of fused-ring (bicyclic) bond motifs is 1. The molecule has 0 saturated heterocycles. The van der Waals surface area contributed by atoms with E-state index in [1.807, 2.05) is 0 Å². The van der Waals surface area contributed by atoms with Crippen LogP contribution in [0.2, 0.25) is 0 Å². The van der Waals surface area contributed by atoms with Gasteiger partial charge in [-0.2, -0.15) is 0 Å². The van der Waals surface area contributed by atoms with E-state index in [4.69, 9.17) is 14.6 Å². The lowest BCUT2D eigenvalue weighted by Crippen LogP contribution is -2.27. The molecule has 1 aromatic carbocycles. The van der Waals surface area contributed by atoms with Gasteiger partial charge in [0.1, 0.15) is 11.6 Å². The largest absolute Gasteiger partial charge is 0.481 e. The first-order chi connectivity index (χ1) is 8.42. The highest BCUT2D eigenvalue weighted by Crippen LogP contribution is 2.38. The van der Waals surface area contributed by atoms with Crippen molar-refractivity contribution in [3.05, 3.63) is 29.1 Å². The minimum Gasteiger partial charge on any atom is -0.481 e. The Hall–Kier alpha value is -1.62. The molecule has 0 fully saturated rings. The van der Waals surface area contributed by atoms with Crippen molar-refractivity contribution >= 4 is 5.97 Å². The summed E-state index contributed by atoms with van der Waals surface area (Å²) < 4.78 is 24.5. The second-order valence-corrected chi connectivity index (χ2v) is 4.96. The van der Waals surface area contributed by atoms with Gasteiger partial charge in [0.15, 0.2) is 6.79 Å². The highest BCUT2D eigenvalue weighted by atomic mass is 19.1. The summed E-state index contributed by atoms with van der Waals surface area (Å²) >= 11 is 0. The summed E-state index contributed by atoms with van der Waals surface area (Å²) in [6.45, 7) is 3.78. The third kappa shape index (κ3) is 2.31. The molecule has 1 aliphatic heterocycles. The maximum atomic E-state index is 14.0. The Morgan fingerprint density at radius 2 is 2.22 bits per heavy atom. The van der Waals surface area contributed by atoms with Crippen LogP contribution in [0.5, 0.6) is 5.75 Å². The van der Waals surface area contributed by atoms with Crippen molar-refractivity contribution in [1.82, 2.24) is 0 Å². The number of rotatable bonds is 3. The smallest absolute Gasteiger partial charge is 0.304 e. The van der Waals surface area contributed by atoms with E-state index < -0.39 is 17.2 Å². The average Bonchev–Trinajstić information content (AvgIpc) is 2.26. The summed E-state index contributed by atoms with van der Waals surface area (Å²) in [5, 5.41) is 8.92. The lowest BCUT2D eigenvalue weighted by atomic mass is 9.78.